The summed E-state index contributed by atoms with van der Waals surface area (Å²) in [4.78, 5) is 12.9. The van der Waals surface area contributed by atoms with Gasteiger partial charge in [-0.1, -0.05) is 26.2 Å². The fraction of sp³-hybridized carbons (Fsp3) is 0.923. The SMILES string of the molecule is CCCCCCN(C)CCC(C)(C)NC(=O)O. The Morgan fingerprint density at radius 1 is 1.24 bits per heavy atom. The Bertz CT molecular complexity index is 217. The molecule has 0 aliphatic rings. The topological polar surface area (TPSA) is 52.6 Å². The van der Waals surface area contributed by atoms with E-state index in [4.69, 9.17) is 5.11 Å². The third-order valence-corrected chi connectivity index (χ3v) is 2.96. The Morgan fingerprint density at radius 2 is 1.88 bits per heavy atom. The lowest BCUT2D eigenvalue weighted by Gasteiger charge is -2.27. The van der Waals surface area contributed by atoms with Crippen LogP contribution in [-0.4, -0.2) is 41.8 Å². The Kier molecular flexibility index (Phi) is 7.96. The molecule has 17 heavy (non-hydrogen) atoms. The minimum atomic E-state index is -0.944. The monoisotopic (exact) mass is 244 g/mol. The van der Waals surface area contributed by atoms with Crippen LogP contribution in [0.15, 0.2) is 0 Å². The summed E-state index contributed by atoms with van der Waals surface area (Å²) in [6, 6.07) is 0. The molecule has 0 aromatic carbocycles. The second-order valence-electron chi connectivity index (χ2n) is 5.43. The molecule has 0 unspecified atom stereocenters. The molecule has 2 N–H and O–H groups in total. The molecule has 0 aliphatic heterocycles. The first-order valence-electron chi connectivity index (χ1n) is 6.57. The number of amides is 1. The zero-order valence-corrected chi connectivity index (χ0v) is 11.8. The van der Waals surface area contributed by atoms with Crippen molar-refractivity contribution in [2.75, 3.05) is 20.1 Å². The molecule has 0 saturated heterocycles. The van der Waals surface area contributed by atoms with E-state index in [2.05, 4.69) is 24.2 Å². The summed E-state index contributed by atoms with van der Waals surface area (Å²) in [5.74, 6) is 0. The highest BCUT2D eigenvalue weighted by Crippen LogP contribution is 2.09. The Hall–Kier alpha value is -0.770. The van der Waals surface area contributed by atoms with Crippen LogP contribution in [0.1, 0.15) is 52.9 Å². The summed E-state index contributed by atoms with van der Waals surface area (Å²) in [6.45, 7) is 8.09. The van der Waals surface area contributed by atoms with Gasteiger partial charge in [0, 0.05) is 12.1 Å². The van der Waals surface area contributed by atoms with Crippen molar-refractivity contribution in [3.8, 4) is 0 Å². The van der Waals surface area contributed by atoms with Crippen LogP contribution in [0.4, 0.5) is 4.79 Å². The van der Waals surface area contributed by atoms with Crippen molar-refractivity contribution in [2.24, 2.45) is 0 Å². The first-order valence-corrected chi connectivity index (χ1v) is 6.57. The van der Waals surface area contributed by atoms with Gasteiger partial charge >= 0.3 is 6.09 Å². The van der Waals surface area contributed by atoms with Crippen molar-refractivity contribution in [1.82, 2.24) is 10.2 Å². The van der Waals surface area contributed by atoms with Gasteiger partial charge in [-0.2, -0.15) is 0 Å². The van der Waals surface area contributed by atoms with Crippen LogP contribution in [0.5, 0.6) is 0 Å². The number of hydrogen-bond donors (Lipinski definition) is 2. The fourth-order valence-electron chi connectivity index (χ4n) is 1.74. The molecule has 0 rings (SSSR count). The second-order valence-corrected chi connectivity index (χ2v) is 5.43. The highest BCUT2D eigenvalue weighted by Gasteiger charge is 2.20. The van der Waals surface area contributed by atoms with E-state index in [1.54, 1.807) is 0 Å². The minimum absolute atomic E-state index is 0.344. The van der Waals surface area contributed by atoms with E-state index in [-0.39, 0.29) is 5.54 Å². The Labute approximate surface area is 105 Å². The number of unbranched alkanes of at least 4 members (excludes halogenated alkanes) is 3. The maximum Gasteiger partial charge on any atom is 0.405 e. The van der Waals surface area contributed by atoms with Gasteiger partial charge in [0.2, 0.25) is 0 Å². The summed E-state index contributed by atoms with van der Waals surface area (Å²) < 4.78 is 0. The maximum absolute atomic E-state index is 10.6. The number of carboxylic acid groups (broad SMARTS) is 1. The number of nitrogens with zero attached hydrogens (tertiary/aromatic N) is 1. The van der Waals surface area contributed by atoms with Gasteiger partial charge in [0.05, 0.1) is 0 Å². The first kappa shape index (κ1) is 16.2. The third-order valence-electron chi connectivity index (χ3n) is 2.96. The van der Waals surface area contributed by atoms with Crippen LogP contribution < -0.4 is 5.32 Å². The lowest BCUT2D eigenvalue weighted by Crippen LogP contribution is -2.44. The first-order chi connectivity index (χ1) is 7.87. The molecule has 4 heteroatoms. The van der Waals surface area contributed by atoms with Gasteiger partial charge in [-0.3, -0.25) is 0 Å². The molecule has 0 aromatic heterocycles. The summed E-state index contributed by atoms with van der Waals surface area (Å²) in [5, 5.41) is 11.2. The van der Waals surface area contributed by atoms with Crippen LogP contribution in [0.25, 0.3) is 0 Å². The largest absolute Gasteiger partial charge is 0.465 e. The quantitative estimate of drug-likeness (QED) is 0.613. The van der Waals surface area contributed by atoms with E-state index in [1.165, 1.54) is 25.7 Å². The summed E-state index contributed by atoms with van der Waals surface area (Å²) in [6.07, 6.45) is 4.98. The number of rotatable bonds is 9. The minimum Gasteiger partial charge on any atom is -0.465 e. The van der Waals surface area contributed by atoms with Gasteiger partial charge in [0.15, 0.2) is 0 Å². The highest BCUT2D eigenvalue weighted by molar-refractivity contribution is 5.65. The summed E-state index contributed by atoms with van der Waals surface area (Å²) in [5.41, 5.74) is -0.344. The molecule has 0 saturated carbocycles. The zero-order valence-electron chi connectivity index (χ0n) is 11.8. The van der Waals surface area contributed by atoms with Crippen molar-refractivity contribution in [2.45, 2.75) is 58.4 Å². The average molecular weight is 244 g/mol. The standard InChI is InChI=1S/C13H28N2O2/c1-5-6-7-8-10-15(4)11-9-13(2,3)14-12(16)17/h14H,5-11H2,1-4H3,(H,16,17). The molecular weight excluding hydrogens is 216 g/mol. The smallest absolute Gasteiger partial charge is 0.405 e. The molecule has 0 aromatic rings. The fourth-order valence-corrected chi connectivity index (χ4v) is 1.74. The van der Waals surface area contributed by atoms with Crippen LogP contribution in [-0.2, 0) is 0 Å². The van der Waals surface area contributed by atoms with E-state index in [0.29, 0.717) is 0 Å². The lowest BCUT2D eigenvalue weighted by molar-refractivity contribution is 0.176. The van der Waals surface area contributed by atoms with Gasteiger partial charge in [-0.25, -0.2) is 4.79 Å². The molecule has 0 aliphatic carbocycles. The van der Waals surface area contributed by atoms with Crippen molar-refractivity contribution < 1.29 is 9.90 Å². The normalized spacial score (nSPS) is 11.8. The van der Waals surface area contributed by atoms with Crippen molar-refractivity contribution in [3.63, 3.8) is 0 Å². The predicted molar refractivity (Wildman–Crippen MR) is 71.5 cm³/mol. The van der Waals surface area contributed by atoms with E-state index < -0.39 is 6.09 Å². The summed E-state index contributed by atoms with van der Waals surface area (Å²) in [7, 11) is 2.10. The van der Waals surface area contributed by atoms with Gasteiger partial charge in [-0.05, 0) is 40.3 Å². The lowest BCUT2D eigenvalue weighted by atomic mass is 10.0. The molecule has 0 fully saturated rings. The van der Waals surface area contributed by atoms with Gasteiger partial charge in [0.1, 0.15) is 0 Å². The van der Waals surface area contributed by atoms with Crippen molar-refractivity contribution in [3.05, 3.63) is 0 Å². The third kappa shape index (κ3) is 10.1. The number of hydrogen-bond acceptors (Lipinski definition) is 2. The van der Waals surface area contributed by atoms with Crippen LogP contribution in [0.3, 0.4) is 0 Å². The van der Waals surface area contributed by atoms with E-state index in [1.807, 2.05) is 13.8 Å². The highest BCUT2D eigenvalue weighted by atomic mass is 16.4. The van der Waals surface area contributed by atoms with Gasteiger partial charge in [-0.15, -0.1) is 0 Å². The molecule has 4 nitrogen and oxygen atoms in total. The van der Waals surface area contributed by atoms with Crippen LogP contribution >= 0.6 is 0 Å². The zero-order chi connectivity index (χ0) is 13.3. The van der Waals surface area contributed by atoms with Crippen LogP contribution in [0.2, 0.25) is 0 Å². The Balaban J connectivity index is 3.67. The number of carbonyl (C=O) groups is 1. The predicted octanol–water partition coefficient (Wildman–Crippen LogP) is 2.93. The van der Waals surface area contributed by atoms with E-state index in [9.17, 15) is 4.79 Å². The molecule has 0 radical (unpaired) electrons. The maximum atomic E-state index is 10.6. The summed E-state index contributed by atoms with van der Waals surface area (Å²) >= 11 is 0. The van der Waals surface area contributed by atoms with E-state index in [0.717, 1.165) is 19.5 Å². The van der Waals surface area contributed by atoms with E-state index >= 15 is 0 Å². The van der Waals surface area contributed by atoms with Crippen molar-refractivity contribution >= 4 is 6.09 Å². The van der Waals surface area contributed by atoms with Crippen molar-refractivity contribution in [1.29, 1.82) is 0 Å². The number of nitrogens with one attached hydrogen (secondary N) is 1. The molecule has 102 valence electrons. The van der Waals surface area contributed by atoms with Gasteiger partial charge < -0.3 is 15.3 Å². The molecule has 1 amide bonds. The molecular formula is C13H28N2O2. The molecule has 0 bridgehead atoms. The molecule has 0 atom stereocenters. The van der Waals surface area contributed by atoms with Crippen LogP contribution in [0, 0.1) is 0 Å². The molecule has 0 spiro atoms. The second kappa shape index (κ2) is 8.34. The Morgan fingerprint density at radius 3 is 2.41 bits per heavy atom. The van der Waals surface area contributed by atoms with Gasteiger partial charge in [0.25, 0.3) is 0 Å². The molecule has 0 heterocycles. The average Bonchev–Trinajstić information content (AvgIpc) is 2.20.